The summed E-state index contributed by atoms with van der Waals surface area (Å²) in [7, 11) is 1.94. The predicted molar refractivity (Wildman–Crippen MR) is 67.3 cm³/mol. The van der Waals surface area contributed by atoms with Gasteiger partial charge >= 0.3 is 0 Å². The molecule has 96 valence electrons. The number of unbranched alkanes of at least 4 members (excludes halogenated alkanes) is 1. The zero-order valence-electron chi connectivity index (χ0n) is 11.4. The lowest BCUT2D eigenvalue weighted by Gasteiger charge is -2.49. The molecule has 0 aliphatic carbocycles. The summed E-state index contributed by atoms with van der Waals surface area (Å²) in [5, 5.41) is 8.84. The van der Waals surface area contributed by atoms with Gasteiger partial charge < -0.3 is 4.90 Å². The van der Waals surface area contributed by atoms with Crippen molar-refractivity contribution in [2.75, 3.05) is 20.1 Å². The van der Waals surface area contributed by atoms with Crippen LogP contribution in [0.3, 0.4) is 0 Å². The van der Waals surface area contributed by atoms with Crippen LogP contribution in [0.5, 0.6) is 0 Å². The van der Waals surface area contributed by atoms with E-state index in [1.165, 1.54) is 0 Å². The summed E-state index contributed by atoms with van der Waals surface area (Å²) in [6.45, 7) is 7.95. The lowest BCUT2D eigenvalue weighted by Crippen LogP contribution is -2.65. The van der Waals surface area contributed by atoms with Gasteiger partial charge in [0.1, 0.15) is 6.04 Å². The van der Waals surface area contributed by atoms with E-state index in [0.29, 0.717) is 0 Å². The van der Waals surface area contributed by atoms with Gasteiger partial charge in [0.25, 0.3) is 0 Å². The Hall–Kier alpha value is -1.08. The van der Waals surface area contributed by atoms with Crippen molar-refractivity contribution in [2.24, 2.45) is 0 Å². The summed E-state index contributed by atoms with van der Waals surface area (Å²) in [5.41, 5.74) is -0.0524. The van der Waals surface area contributed by atoms with Gasteiger partial charge in [-0.05, 0) is 27.3 Å². The number of carbonyl (C=O) groups is 1. The molecule has 1 aliphatic rings. The first kappa shape index (κ1) is 14.0. The van der Waals surface area contributed by atoms with Gasteiger partial charge in [-0.25, -0.2) is 0 Å². The van der Waals surface area contributed by atoms with Crippen LogP contribution in [0.2, 0.25) is 0 Å². The Labute approximate surface area is 104 Å². The van der Waals surface area contributed by atoms with E-state index >= 15 is 0 Å². The van der Waals surface area contributed by atoms with Gasteiger partial charge in [-0.15, -0.1) is 0 Å². The van der Waals surface area contributed by atoms with E-state index in [1.807, 2.05) is 16.8 Å². The molecule has 0 aromatic carbocycles. The Morgan fingerprint density at radius 3 is 2.71 bits per heavy atom. The van der Waals surface area contributed by atoms with Crippen molar-refractivity contribution >= 4 is 5.91 Å². The smallest absolute Gasteiger partial charge is 0.241 e. The van der Waals surface area contributed by atoms with Crippen molar-refractivity contribution < 1.29 is 4.79 Å². The summed E-state index contributed by atoms with van der Waals surface area (Å²) in [6.07, 6.45) is 2.40. The molecule has 0 bridgehead atoms. The maximum atomic E-state index is 12.3. The topological polar surface area (TPSA) is 47.3 Å². The largest absolute Gasteiger partial charge is 0.339 e. The van der Waals surface area contributed by atoms with Gasteiger partial charge in [0.05, 0.1) is 12.5 Å². The number of likely N-dealkylation sites (N-methyl/N-ethyl adjacent to an activating group) is 1. The quantitative estimate of drug-likeness (QED) is 0.746. The van der Waals surface area contributed by atoms with Gasteiger partial charge in [-0.3, -0.25) is 9.69 Å². The van der Waals surface area contributed by atoms with E-state index in [2.05, 4.69) is 26.8 Å². The number of carbonyl (C=O) groups excluding carboxylic acids is 1. The third-order valence-corrected chi connectivity index (χ3v) is 3.66. The highest BCUT2D eigenvalue weighted by Gasteiger charge is 2.42. The minimum Gasteiger partial charge on any atom is -0.339 e. The number of nitriles is 1. The highest BCUT2D eigenvalue weighted by atomic mass is 16.2. The number of amides is 1. The number of rotatable bonds is 4. The molecule has 1 aliphatic heterocycles. The second-order valence-corrected chi connectivity index (χ2v) is 5.41. The minimum absolute atomic E-state index is 0.0524. The highest BCUT2D eigenvalue weighted by molar-refractivity contribution is 5.83. The zero-order valence-corrected chi connectivity index (χ0v) is 11.4. The van der Waals surface area contributed by atoms with Gasteiger partial charge in [-0.2, -0.15) is 5.26 Å². The monoisotopic (exact) mass is 237 g/mol. The van der Waals surface area contributed by atoms with Gasteiger partial charge in [-0.1, -0.05) is 13.3 Å². The van der Waals surface area contributed by atoms with E-state index in [0.717, 1.165) is 25.9 Å². The lowest BCUT2D eigenvalue weighted by atomic mass is 9.93. The Balaban J connectivity index is 2.83. The molecule has 0 spiro atoms. The summed E-state index contributed by atoms with van der Waals surface area (Å²) < 4.78 is 0. The van der Waals surface area contributed by atoms with Crippen LogP contribution in [0.4, 0.5) is 0 Å². The van der Waals surface area contributed by atoms with Crippen LogP contribution in [-0.4, -0.2) is 47.4 Å². The molecule has 4 nitrogen and oxygen atoms in total. The predicted octanol–water partition coefficient (Wildman–Crippen LogP) is 1.62. The fraction of sp³-hybridized carbons (Fsp3) is 0.846. The normalized spacial score (nSPS) is 24.8. The molecule has 0 aromatic heterocycles. The van der Waals surface area contributed by atoms with Crippen molar-refractivity contribution in [3.05, 3.63) is 0 Å². The molecular formula is C13H23N3O. The molecule has 0 saturated carbocycles. The second-order valence-electron chi connectivity index (χ2n) is 5.41. The third-order valence-electron chi connectivity index (χ3n) is 3.66. The highest BCUT2D eigenvalue weighted by Crippen LogP contribution is 2.26. The minimum atomic E-state index is -0.277. The molecule has 0 radical (unpaired) electrons. The van der Waals surface area contributed by atoms with Crippen LogP contribution in [0.1, 0.15) is 40.0 Å². The summed E-state index contributed by atoms with van der Waals surface area (Å²) in [5.74, 6) is 0.113. The zero-order chi connectivity index (χ0) is 13.1. The van der Waals surface area contributed by atoms with Crippen molar-refractivity contribution in [1.29, 1.82) is 5.26 Å². The second kappa shape index (κ2) is 5.50. The molecule has 4 heteroatoms. The Morgan fingerprint density at radius 1 is 1.53 bits per heavy atom. The van der Waals surface area contributed by atoms with E-state index in [1.54, 1.807) is 0 Å². The molecule has 1 amide bonds. The van der Waals surface area contributed by atoms with Crippen LogP contribution < -0.4 is 0 Å². The third kappa shape index (κ3) is 2.98. The number of hydrogen-bond donors (Lipinski definition) is 0. The van der Waals surface area contributed by atoms with Gasteiger partial charge in [0.15, 0.2) is 0 Å². The Morgan fingerprint density at radius 2 is 2.18 bits per heavy atom. The van der Waals surface area contributed by atoms with Crippen molar-refractivity contribution in [3.8, 4) is 6.07 Å². The van der Waals surface area contributed by atoms with Crippen molar-refractivity contribution in [3.63, 3.8) is 0 Å². The van der Waals surface area contributed by atoms with E-state index < -0.39 is 0 Å². The van der Waals surface area contributed by atoms with Crippen LogP contribution in [0.15, 0.2) is 0 Å². The number of hydrogen-bond acceptors (Lipinski definition) is 3. The maximum Gasteiger partial charge on any atom is 0.241 e. The summed E-state index contributed by atoms with van der Waals surface area (Å²) >= 11 is 0. The molecule has 1 heterocycles. The lowest BCUT2D eigenvalue weighted by molar-refractivity contribution is -0.148. The van der Waals surface area contributed by atoms with Gasteiger partial charge in [0, 0.05) is 18.6 Å². The summed E-state index contributed by atoms with van der Waals surface area (Å²) in [6, 6.07) is 1.85. The average Bonchev–Trinajstić information content (AvgIpc) is 2.28. The van der Waals surface area contributed by atoms with E-state index in [9.17, 15) is 4.79 Å². The number of piperazine rings is 1. The van der Waals surface area contributed by atoms with E-state index in [4.69, 9.17) is 5.26 Å². The average molecular weight is 237 g/mol. The molecule has 1 rings (SSSR count). The molecule has 1 unspecified atom stereocenters. The fourth-order valence-corrected chi connectivity index (χ4v) is 2.30. The first-order valence-electron chi connectivity index (χ1n) is 6.32. The molecule has 0 aromatic rings. The fourth-order valence-electron chi connectivity index (χ4n) is 2.30. The first-order chi connectivity index (χ1) is 7.94. The molecule has 1 atom stereocenters. The SMILES string of the molecule is CCCCN1CC(C)(C)N(C)C(CC#N)C1=O. The molecule has 1 fully saturated rings. The number of nitrogens with zero attached hydrogens (tertiary/aromatic N) is 3. The Kier molecular flexibility index (Phi) is 4.53. The van der Waals surface area contributed by atoms with Crippen molar-refractivity contribution in [1.82, 2.24) is 9.80 Å². The van der Waals surface area contributed by atoms with Crippen LogP contribution in [0.25, 0.3) is 0 Å². The standard InChI is InChI=1S/C13H23N3O/c1-5-6-9-16-10-13(2,3)15(4)11(7-8-14)12(16)17/h11H,5-7,9-10H2,1-4H3. The Bertz CT molecular complexity index is 319. The first-order valence-corrected chi connectivity index (χ1v) is 6.32. The molecular weight excluding hydrogens is 214 g/mol. The van der Waals surface area contributed by atoms with Crippen molar-refractivity contribution in [2.45, 2.75) is 51.6 Å². The maximum absolute atomic E-state index is 12.3. The van der Waals surface area contributed by atoms with Crippen LogP contribution in [0, 0.1) is 11.3 Å². The van der Waals surface area contributed by atoms with Crippen LogP contribution in [-0.2, 0) is 4.79 Å². The summed E-state index contributed by atoms with van der Waals surface area (Å²) in [4.78, 5) is 16.2. The molecule has 0 N–H and O–H groups in total. The molecule has 1 saturated heterocycles. The van der Waals surface area contributed by atoms with Crippen LogP contribution >= 0.6 is 0 Å². The van der Waals surface area contributed by atoms with Gasteiger partial charge in [0.2, 0.25) is 5.91 Å². The molecule has 17 heavy (non-hydrogen) atoms. The van der Waals surface area contributed by atoms with E-state index in [-0.39, 0.29) is 23.9 Å².